The summed E-state index contributed by atoms with van der Waals surface area (Å²) in [5.74, 6) is -0.445. The fourth-order valence-corrected chi connectivity index (χ4v) is 4.03. The van der Waals surface area contributed by atoms with Gasteiger partial charge in [0.05, 0.1) is 24.2 Å². The molecular formula is C20H26N2O6S. The van der Waals surface area contributed by atoms with Crippen molar-refractivity contribution in [2.24, 2.45) is 0 Å². The maximum atomic E-state index is 12.5. The Morgan fingerprint density at radius 3 is 2.41 bits per heavy atom. The Morgan fingerprint density at radius 1 is 1.14 bits per heavy atom. The molecule has 0 unspecified atom stereocenters. The van der Waals surface area contributed by atoms with Crippen LogP contribution in [0.5, 0.6) is 5.75 Å². The molecular weight excluding hydrogens is 396 g/mol. The zero-order chi connectivity index (χ0) is 21.4. The number of hydrogen-bond acceptors (Lipinski definition) is 6. The number of ether oxygens (including phenoxy) is 2. The van der Waals surface area contributed by atoms with Crippen LogP contribution >= 0.6 is 0 Å². The fraction of sp³-hybridized carbons (Fsp3) is 0.350. The first-order chi connectivity index (χ1) is 13.8. The SMILES string of the molecule is COC[C@H](C)NS(=O)(=O)c1ccc(NCCc2ccc(OC)cc2)c(C(=O)O)c1. The Bertz CT molecular complexity index is 928. The summed E-state index contributed by atoms with van der Waals surface area (Å²) in [7, 11) is -0.787. The van der Waals surface area contributed by atoms with E-state index in [0.717, 1.165) is 17.4 Å². The topological polar surface area (TPSA) is 114 Å². The molecule has 2 aromatic carbocycles. The van der Waals surface area contributed by atoms with Crippen LogP contribution in [0.25, 0.3) is 0 Å². The number of aromatic carboxylic acids is 1. The normalized spacial score (nSPS) is 12.4. The van der Waals surface area contributed by atoms with Crippen LogP contribution in [0, 0.1) is 0 Å². The zero-order valence-electron chi connectivity index (χ0n) is 16.6. The second kappa shape index (κ2) is 10.2. The molecule has 0 aliphatic heterocycles. The summed E-state index contributed by atoms with van der Waals surface area (Å²) in [5.41, 5.74) is 1.31. The molecule has 0 bridgehead atoms. The Balaban J connectivity index is 2.11. The van der Waals surface area contributed by atoms with Crippen LogP contribution in [-0.2, 0) is 21.2 Å². The van der Waals surface area contributed by atoms with Gasteiger partial charge in [-0.15, -0.1) is 0 Å². The number of anilines is 1. The summed E-state index contributed by atoms with van der Waals surface area (Å²) >= 11 is 0. The van der Waals surface area contributed by atoms with E-state index in [0.29, 0.717) is 18.7 Å². The van der Waals surface area contributed by atoms with Gasteiger partial charge in [0, 0.05) is 25.4 Å². The molecule has 29 heavy (non-hydrogen) atoms. The quantitative estimate of drug-likeness (QED) is 0.509. The summed E-state index contributed by atoms with van der Waals surface area (Å²) in [5, 5.41) is 12.6. The molecule has 0 amide bonds. The van der Waals surface area contributed by atoms with E-state index in [2.05, 4.69) is 10.0 Å². The minimum Gasteiger partial charge on any atom is -0.497 e. The molecule has 158 valence electrons. The zero-order valence-corrected chi connectivity index (χ0v) is 17.5. The van der Waals surface area contributed by atoms with Crippen LogP contribution in [0.15, 0.2) is 47.4 Å². The molecule has 0 spiro atoms. The number of carbonyl (C=O) groups is 1. The lowest BCUT2D eigenvalue weighted by Gasteiger charge is -2.15. The Morgan fingerprint density at radius 2 is 1.83 bits per heavy atom. The Labute approximate surface area is 170 Å². The first kappa shape index (κ1) is 22.7. The summed E-state index contributed by atoms with van der Waals surface area (Å²) in [6.07, 6.45) is 0.666. The molecule has 8 nitrogen and oxygen atoms in total. The van der Waals surface area contributed by atoms with E-state index in [-0.39, 0.29) is 17.1 Å². The van der Waals surface area contributed by atoms with Crippen molar-refractivity contribution in [2.45, 2.75) is 24.3 Å². The van der Waals surface area contributed by atoms with Crippen LogP contribution in [0.1, 0.15) is 22.8 Å². The van der Waals surface area contributed by atoms with Crippen molar-refractivity contribution in [2.75, 3.05) is 32.7 Å². The number of nitrogens with one attached hydrogen (secondary N) is 2. The molecule has 0 saturated heterocycles. The first-order valence-corrected chi connectivity index (χ1v) is 10.5. The van der Waals surface area contributed by atoms with Gasteiger partial charge in [0.2, 0.25) is 10.0 Å². The van der Waals surface area contributed by atoms with Crippen molar-refractivity contribution < 1.29 is 27.8 Å². The van der Waals surface area contributed by atoms with Crippen molar-refractivity contribution in [3.63, 3.8) is 0 Å². The average molecular weight is 423 g/mol. The predicted molar refractivity (Wildman–Crippen MR) is 110 cm³/mol. The van der Waals surface area contributed by atoms with Gasteiger partial charge in [-0.2, -0.15) is 0 Å². The van der Waals surface area contributed by atoms with E-state index < -0.39 is 22.0 Å². The Kier molecular flexibility index (Phi) is 8.00. The van der Waals surface area contributed by atoms with Crippen LogP contribution in [-0.4, -0.2) is 52.9 Å². The molecule has 0 fully saturated rings. The largest absolute Gasteiger partial charge is 0.497 e. The van der Waals surface area contributed by atoms with Crippen LogP contribution < -0.4 is 14.8 Å². The molecule has 2 rings (SSSR count). The van der Waals surface area contributed by atoms with Gasteiger partial charge in [-0.1, -0.05) is 12.1 Å². The van der Waals surface area contributed by atoms with Gasteiger partial charge in [0.25, 0.3) is 0 Å². The highest BCUT2D eigenvalue weighted by molar-refractivity contribution is 7.89. The number of carboxylic acid groups (broad SMARTS) is 1. The highest BCUT2D eigenvalue weighted by Crippen LogP contribution is 2.21. The monoisotopic (exact) mass is 422 g/mol. The smallest absolute Gasteiger partial charge is 0.337 e. The van der Waals surface area contributed by atoms with Crippen molar-refractivity contribution in [1.29, 1.82) is 0 Å². The number of rotatable bonds is 11. The van der Waals surface area contributed by atoms with E-state index in [1.54, 1.807) is 14.0 Å². The highest BCUT2D eigenvalue weighted by atomic mass is 32.2. The van der Waals surface area contributed by atoms with E-state index in [1.807, 2.05) is 24.3 Å². The van der Waals surface area contributed by atoms with Gasteiger partial charge >= 0.3 is 5.97 Å². The van der Waals surface area contributed by atoms with Crippen molar-refractivity contribution in [3.8, 4) is 5.75 Å². The van der Waals surface area contributed by atoms with Crippen molar-refractivity contribution in [1.82, 2.24) is 4.72 Å². The molecule has 0 heterocycles. The first-order valence-electron chi connectivity index (χ1n) is 9.02. The molecule has 0 aromatic heterocycles. The molecule has 3 N–H and O–H groups in total. The third-order valence-electron chi connectivity index (χ3n) is 4.19. The van der Waals surface area contributed by atoms with Crippen molar-refractivity contribution in [3.05, 3.63) is 53.6 Å². The molecule has 0 aliphatic carbocycles. The van der Waals surface area contributed by atoms with E-state index in [1.165, 1.54) is 19.2 Å². The van der Waals surface area contributed by atoms with E-state index in [9.17, 15) is 18.3 Å². The summed E-state index contributed by atoms with van der Waals surface area (Å²) in [6, 6.07) is 11.1. The average Bonchev–Trinajstić information content (AvgIpc) is 2.68. The summed E-state index contributed by atoms with van der Waals surface area (Å²) < 4.78 is 37.4. The van der Waals surface area contributed by atoms with E-state index >= 15 is 0 Å². The van der Waals surface area contributed by atoms with Crippen molar-refractivity contribution >= 4 is 21.7 Å². The van der Waals surface area contributed by atoms with Gasteiger partial charge in [-0.3, -0.25) is 0 Å². The number of methoxy groups -OCH3 is 2. The third-order valence-corrected chi connectivity index (χ3v) is 5.78. The molecule has 0 saturated carbocycles. The van der Waals surface area contributed by atoms with E-state index in [4.69, 9.17) is 9.47 Å². The second-order valence-corrected chi connectivity index (χ2v) is 8.23. The van der Waals surface area contributed by atoms with Crippen LogP contribution in [0.2, 0.25) is 0 Å². The lowest BCUT2D eigenvalue weighted by Crippen LogP contribution is -2.35. The fourth-order valence-electron chi connectivity index (χ4n) is 2.77. The second-order valence-electron chi connectivity index (χ2n) is 6.52. The minimum atomic E-state index is -3.86. The highest BCUT2D eigenvalue weighted by Gasteiger charge is 2.21. The number of benzene rings is 2. The number of carboxylic acids is 1. The minimum absolute atomic E-state index is 0.109. The maximum absolute atomic E-state index is 12.5. The van der Waals surface area contributed by atoms with Gasteiger partial charge in [0.15, 0.2) is 0 Å². The lowest BCUT2D eigenvalue weighted by molar-refractivity contribution is 0.0697. The summed E-state index contributed by atoms with van der Waals surface area (Å²) in [4.78, 5) is 11.5. The molecule has 9 heteroatoms. The van der Waals surface area contributed by atoms with Crippen LogP contribution in [0.4, 0.5) is 5.69 Å². The van der Waals surface area contributed by atoms with Crippen LogP contribution in [0.3, 0.4) is 0 Å². The predicted octanol–water partition coefficient (Wildman–Crippen LogP) is 2.36. The molecule has 2 aromatic rings. The molecule has 0 aliphatic rings. The van der Waals surface area contributed by atoms with Gasteiger partial charge < -0.3 is 19.9 Å². The lowest BCUT2D eigenvalue weighted by atomic mass is 10.1. The number of sulfonamides is 1. The van der Waals surface area contributed by atoms with Gasteiger partial charge in [-0.25, -0.2) is 17.9 Å². The van der Waals surface area contributed by atoms with Gasteiger partial charge in [0.1, 0.15) is 5.75 Å². The third kappa shape index (κ3) is 6.45. The molecule has 0 radical (unpaired) electrons. The maximum Gasteiger partial charge on any atom is 0.337 e. The number of hydrogen-bond donors (Lipinski definition) is 3. The van der Waals surface area contributed by atoms with Gasteiger partial charge in [-0.05, 0) is 49.2 Å². The standard InChI is InChI=1S/C20H26N2O6S/c1-14(13-27-2)22-29(25,26)17-8-9-19(18(12-17)20(23)24)21-11-10-15-4-6-16(28-3)7-5-15/h4-9,12,14,21-22H,10-11,13H2,1-3H3,(H,23,24)/t14-/m0/s1. The summed E-state index contributed by atoms with van der Waals surface area (Å²) in [6.45, 7) is 2.35. The molecule has 1 atom stereocenters. The Hall–Kier alpha value is -2.62.